The van der Waals surface area contributed by atoms with E-state index in [2.05, 4.69) is 39.4 Å². The first kappa shape index (κ1) is 18.2. The zero-order valence-electron chi connectivity index (χ0n) is 16.4. The number of aromatic nitrogens is 2. The Morgan fingerprint density at radius 2 is 1.79 bits per heavy atom. The second-order valence-electron chi connectivity index (χ2n) is 7.35. The Hall–Kier alpha value is -3.15. The van der Waals surface area contributed by atoms with Gasteiger partial charge in [0.2, 0.25) is 5.91 Å². The molecule has 0 bridgehead atoms. The molecule has 1 aliphatic rings. The van der Waals surface area contributed by atoms with Gasteiger partial charge in [-0.25, -0.2) is 0 Å². The van der Waals surface area contributed by atoms with Gasteiger partial charge >= 0.3 is 0 Å². The van der Waals surface area contributed by atoms with E-state index in [4.69, 9.17) is 0 Å². The summed E-state index contributed by atoms with van der Waals surface area (Å²) in [6.45, 7) is 2.95. The van der Waals surface area contributed by atoms with Crippen molar-refractivity contribution in [2.45, 2.75) is 6.42 Å². The van der Waals surface area contributed by atoms with E-state index in [0.717, 1.165) is 35.5 Å². The molecule has 0 aliphatic carbocycles. The third kappa shape index (κ3) is 3.76. The molecule has 0 spiro atoms. The number of carbonyl (C=O) groups excluding carboxylic acids is 1. The van der Waals surface area contributed by atoms with Gasteiger partial charge in [0, 0.05) is 46.3 Å². The van der Waals surface area contributed by atoms with Crippen LogP contribution in [0.25, 0.3) is 10.8 Å². The Morgan fingerprint density at radius 3 is 2.57 bits per heavy atom. The Labute approximate surface area is 165 Å². The fourth-order valence-corrected chi connectivity index (χ4v) is 3.65. The minimum absolute atomic E-state index is 0.184. The van der Waals surface area contributed by atoms with Gasteiger partial charge in [0.1, 0.15) is 0 Å². The van der Waals surface area contributed by atoms with Crippen LogP contribution in [0.15, 0.2) is 54.7 Å². The lowest BCUT2D eigenvalue weighted by atomic mass is 10.0. The van der Waals surface area contributed by atoms with Crippen molar-refractivity contribution in [3.05, 3.63) is 60.3 Å². The van der Waals surface area contributed by atoms with Crippen LogP contribution in [0.5, 0.6) is 0 Å². The minimum Gasteiger partial charge on any atom is -0.376 e. The van der Waals surface area contributed by atoms with Gasteiger partial charge in [-0.2, -0.15) is 5.10 Å². The van der Waals surface area contributed by atoms with Crippen LogP contribution in [0.3, 0.4) is 0 Å². The van der Waals surface area contributed by atoms with E-state index >= 15 is 0 Å². The lowest BCUT2D eigenvalue weighted by Gasteiger charge is -2.35. The molecule has 6 nitrogen and oxygen atoms in total. The fraction of sp³-hybridized carbons (Fsp3) is 0.318. The highest BCUT2D eigenvalue weighted by Crippen LogP contribution is 2.21. The van der Waals surface area contributed by atoms with Crippen molar-refractivity contribution in [2.24, 2.45) is 0 Å². The zero-order chi connectivity index (χ0) is 19.5. The molecule has 0 radical (unpaired) electrons. The molecule has 3 aromatic rings. The molecule has 4 rings (SSSR count). The molecule has 28 heavy (non-hydrogen) atoms. The zero-order valence-corrected chi connectivity index (χ0v) is 16.4. The molecule has 6 heteroatoms. The number of nitrogens with zero attached hydrogens (tertiary/aromatic N) is 5. The lowest BCUT2D eigenvalue weighted by molar-refractivity contribution is -0.130. The molecule has 1 saturated heterocycles. The van der Waals surface area contributed by atoms with Gasteiger partial charge < -0.3 is 14.7 Å². The number of rotatable bonds is 4. The molecular formula is C22H25N5O. The van der Waals surface area contributed by atoms with E-state index in [1.807, 2.05) is 48.2 Å². The van der Waals surface area contributed by atoms with Crippen molar-refractivity contribution in [1.29, 1.82) is 0 Å². The largest absolute Gasteiger partial charge is 0.376 e. The van der Waals surface area contributed by atoms with Crippen molar-refractivity contribution in [2.75, 3.05) is 50.1 Å². The highest BCUT2D eigenvalue weighted by molar-refractivity contribution is 5.90. The molecule has 0 saturated carbocycles. The van der Waals surface area contributed by atoms with E-state index in [0.29, 0.717) is 19.5 Å². The highest BCUT2D eigenvalue weighted by Gasteiger charge is 2.23. The smallest absolute Gasteiger partial charge is 0.227 e. The number of fused-ring (bicyclic) bond motifs is 1. The third-order valence-electron chi connectivity index (χ3n) is 5.32. The number of piperazine rings is 1. The van der Waals surface area contributed by atoms with Crippen molar-refractivity contribution >= 4 is 28.2 Å². The fourth-order valence-electron chi connectivity index (χ4n) is 3.65. The maximum Gasteiger partial charge on any atom is 0.227 e. The van der Waals surface area contributed by atoms with E-state index < -0.39 is 0 Å². The summed E-state index contributed by atoms with van der Waals surface area (Å²) in [5, 5.41) is 10.7. The standard InChI is InChI=1S/C22H25N5O/c1-25(2)19-15-21(24-23-16-19)26-10-12-27(13-11-26)22(28)14-18-8-5-7-17-6-3-4-9-20(17)18/h3-9,15-16H,10-14H2,1-2H3. The predicted molar refractivity (Wildman–Crippen MR) is 113 cm³/mol. The molecule has 2 aromatic carbocycles. The number of amides is 1. The van der Waals surface area contributed by atoms with Crippen molar-refractivity contribution in [3.63, 3.8) is 0 Å². The van der Waals surface area contributed by atoms with E-state index in [1.54, 1.807) is 6.20 Å². The summed E-state index contributed by atoms with van der Waals surface area (Å²) in [6, 6.07) is 16.4. The Kier molecular flexibility index (Phi) is 5.10. The summed E-state index contributed by atoms with van der Waals surface area (Å²) in [6.07, 6.45) is 2.20. The van der Waals surface area contributed by atoms with Crippen LogP contribution in [0, 0.1) is 0 Å². The average molecular weight is 375 g/mol. The molecule has 0 atom stereocenters. The SMILES string of the molecule is CN(C)c1cnnc(N2CCN(C(=O)Cc3cccc4ccccc34)CC2)c1. The van der Waals surface area contributed by atoms with Crippen LogP contribution in [0.1, 0.15) is 5.56 Å². The minimum atomic E-state index is 0.184. The molecule has 2 heterocycles. The van der Waals surface area contributed by atoms with E-state index in [1.165, 1.54) is 5.39 Å². The number of anilines is 2. The maximum atomic E-state index is 12.9. The Morgan fingerprint density at radius 1 is 1.04 bits per heavy atom. The van der Waals surface area contributed by atoms with E-state index in [9.17, 15) is 4.79 Å². The molecule has 1 aromatic heterocycles. The first-order valence-electron chi connectivity index (χ1n) is 9.61. The molecule has 0 unspecified atom stereocenters. The van der Waals surface area contributed by atoms with E-state index in [-0.39, 0.29) is 5.91 Å². The van der Waals surface area contributed by atoms with Gasteiger partial charge in [-0.1, -0.05) is 42.5 Å². The molecule has 0 N–H and O–H groups in total. The molecular weight excluding hydrogens is 350 g/mol. The molecule has 1 amide bonds. The van der Waals surface area contributed by atoms with Gasteiger partial charge in [0.25, 0.3) is 0 Å². The predicted octanol–water partition coefficient (Wildman–Crippen LogP) is 2.59. The summed E-state index contributed by atoms with van der Waals surface area (Å²) in [4.78, 5) is 19.0. The summed E-state index contributed by atoms with van der Waals surface area (Å²) in [7, 11) is 3.98. The third-order valence-corrected chi connectivity index (χ3v) is 5.32. The normalized spacial score (nSPS) is 14.4. The second kappa shape index (κ2) is 7.84. The average Bonchev–Trinajstić information content (AvgIpc) is 2.74. The van der Waals surface area contributed by atoms with Crippen LogP contribution in [-0.2, 0) is 11.2 Å². The molecule has 144 valence electrons. The van der Waals surface area contributed by atoms with Gasteiger partial charge in [-0.3, -0.25) is 4.79 Å². The Balaban J connectivity index is 1.41. The molecule has 1 fully saturated rings. The summed E-state index contributed by atoms with van der Waals surface area (Å²) >= 11 is 0. The van der Waals surface area contributed by atoms with Crippen LogP contribution in [0.4, 0.5) is 11.5 Å². The second-order valence-corrected chi connectivity index (χ2v) is 7.35. The van der Waals surface area contributed by atoms with Gasteiger partial charge in [-0.05, 0) is 16.3 Å². The van der Waals surface area contributed by atoms with Crippen LogP contribution < -0.4 is 9.80 Å². The van der Waals surface area contributed by atoms with Gasteiger partial charge in [0.15, 0.2) is 5.82 Å². The van der Waals surface area contributed by atoms with Gasteiger partial charge in [0.05, 0.1) is 18.3 Å². The van der Waals surface area contributed by atoms with Crippen molar-refractivity contribution in [3.8, 4) is 0 Å². The van der Waals surface area contributed by atoms with Gasteiger partial charge in [-0.15, -0.1) is 5.10 Å². The highest BCUT2D eigenvalue weighted by atomic mass is 16.2. The van der Waals surface area contributed by atoms with Crippen LogP contribution in [-0.4, -0.2) is 61.3 Å². The summed E-state index contributed by atoms with van der Waals surface area (Å²) < 4.78 is 0. The maximum absolute atomic E-state index is 12.9. The number of hydrogen-bond acceptors (Lipinski definition) is 5. The van der Waals surface area contributed by atoms with Crippen molar-refractivity contribution in [1.82, 2.24) is 15.1 Å². The van der Waals surface area contributed by atoms with Crippen LogP contribution >= 0.6 is 0 Å². The quantitative estimate of drug-likeness (QED) is 0.702. The monoisotopic (exact) mass is 375 g/mol. The number of hydrogen-bond donors (Lipinski definition) is 0. The van der Waals surface area contributed by atoms with Crippen LogP contribution in [0.2, 0.25) is 0 Å². The number of carbonyl (C=O) groups is 1. The van der Waals surface area contributed by atoms with Crippen molar-refractivity contribution < 1.29 is 4.79 Å². The topological polar surface area (TPSA) is 52.6 Å². The summed E-state index contributed by atoms with van der Waals surface area (Å²) in [5.74, 6) is 1.05. The summed E-state index contributed by atoms with van der Waals surface area (Å²) in [5.41, 5.74) is 2.12. The molecule has 1 aliphatic heterocycles. The first-order valence-corrected chi connectivity index (χ1v) is 9.61. The first-order chi connectivity index (χ1) is 13.6. The lowest BCUT2D eigenvalue weighted by Crippen LogP contribution is -2.49. The Bertz CT molecular complexity index is 974. The number of benzene rings is 2.